The predicted molar refractivity (Wildman–Crippen MR) is 106 cm³/mol. The van der Waals surface area contributed by atoms with E-state index in [-0.39, 0.29) is 12.1 Å². The minimum Gasteiger partial charge on any atom is -0.283 e. The molecule has 0 unspecified atom stereocenters. The van der Waals surface area contributed by atoms with E-state index in [4.69, 9.17) is 0 Å². The summed E-state index contributed by atoms with van der Waals surface area (Å²) in [6.45, 7) is 9.87. The smallest absolute Gasteiger partial charge is 0.283 e. The van der Waals surface area contributed by atoms with Gasteiger partial charge in [0.05, 0.1) is 5.69 Å². The molecule has 0 aliphatic heterocycles. The second-order valence-electron chi connectivity index (χ2n) is 6.90. The van der Waals surface area contributed by atoms with Crippen LogP contribution in [0.5, 0.6) is 0 Å². The molecule has 0 saturated heterocycles. The number of allylic oxidation sites excluding steroid dienone is 1. The largest absolute Gasteiger partial charge is 0.332 e. The van der Waals surface area contributed by atoms with Gasteiger partial charge in [-0.3, -0.25) is 22.9 Å². The van der Waals surface area contributed by atoms with E-state index in [2.05, 4.69) is 24.6 Å². The fraction of sp³-hybridized carbons (Fsp3) is 0.250. The summed E-state index contributed by atoms with van der Waals surface area (Å²) in [6, 6.07) is 6.21. The van der Waals surface area contributed by atoms with Crippen molar-refractivity contribution in [3.05, 3.63) is 74.7 Å². The van der Waals surface area contributed by atoms with Crippen LogP contribution >= 0.6 is 0 Å². The van der Waals surface area contributed by atoms with Gasteiger partial charge in [-0.15, -0.1) is 6.58 Å². The molecule has 0 aliphatic rings. The van der Waals surface area contributed by atoms with Gasteiger partial charge >= 0.3 is 5.69 Å². The number of fused-ring (bicyclic) bond motifs is 3. The van der Waals surface area contributed by atoms with Crippen molar-refractivity contribution in [2.75, 3.05) is 0 Å². The summed E-state index contributed by atoms with van der Waals surface area (Å²) >= 11 is 0. The molecule has 0 bridgehead atoms. The second kappa shape index (κ2) is 5.84. The maximum absolute atomic E-state index is 13.0. The van der Waals surface area contributed by atoms with E-state index in [1.165, 1.54) is 14.7 Å². The van der Waals surface area contributed by atoms with E-state index in [1.807, 2.05) is 36.7 Å². The molecule has 7 heteroatoms. The van der Waals surface area contributed by atoms with Crippen LogP contribution in [0.15, 0.2) is 46.6 Å². The molecular formula is C20H21N5O2. The molecular weight excluding hydrogens is 342 g/mol. The van der Waals surface area contributed by atoms with E-state index in [0.717, 1.165) is 16.9 Å². The molecule has 0 fully saturated rings. The number of benzene rings is 1. The highest BCUT2D eigenvalue weighted by Gasteiger charge is 2.20. The Hall–Kier alpha value is -3.35. The van der Waals surface area contributed by atoms with Crippen molar-refractivity contribution >= 4 is 16.9 Å². The number of rotatable bonds is 3. The zero-order chi connectivity index (χ0) is 19.5. The van der Waals surface area contributed by atoms with Crippen LogP contribution in [0, 0.1) is 20.8 Å². The highest BCUT2D eigenvalue weighted by molar-refractivity contribution is 5.76. The highest BCUT2D eigenvalue weighted by Crippen LogP contribution is 2.23. The number of imidazole rings is 2. The van der Waals surface area contributed by atoms with E-state index < -0.39 is 5.69 Å². The molecule has 0 amide bonds. The van der Waals surface area contributed by atoms with Gasteiger partial charge in [-0.25, -0.2) is 4.79 Å². The summed E-state index contributed by atoms with van der Waals surface area (Å²) in [7, 11) is 1.63. The standard InChI is InChI=1S/C20H21N5O2/c1-6-9-23-18(26)16-17(22(5)20(23)27)21-19-24(16)11-14(4)25(19)15-8-7-12(2)10-13(15)3/h6-8,10-11H,1,9H2,2-5H3. The van der Waals surface area contributed by atoms with Gasteiger partial charge in [0.15, 0.2) is 11.2 Å². The molecule has 3 aromatic heterocycles. The predicted octanol–water partition coefficient (Wildman–Crippen LogP) is 2.25. The lowest BCUT2D eigenvalue weighted by molar-refractivity contribution is 0.667. The number of hydrogen-bond acceptors (Lipinski definition) is 3. The first-order valence-electron chi connectivity index (χ1n) is 8.73. The molecule has 0 N–H and O–H groups in total. The first-order valence-corrected chi connectivity index (χ1v) is 8.73. The lowest BCUT2D eigenvalue weighted by atomic mass is 10.1. The number of aryl methyl sites for hydroxylation is 4. The highest BCUT2D eigenvalue weighted by atomic mass is 16.2. The van der Waals surface area contributed by atoms with Gasteiger partial charge < -0.3 is 0 Å². The molecule has 7 nitrogen and oxygen atoms in total. The summed E-state index contributed by atoms with van der Waals surface area (Å²) in [5, 5.41) is 0. The van der Waals surface area contributed by atoms with Crippen molar-refractivity contribution in [3.8, 4) is 5.69 Å². The van der Waals surface area contributed by atoms with Crippen LogP contribution < -0.4 is 11.2 Å². The fourth-order valence-electron chi connectivity index (χ4n) is 3.65. The summed E-state index contributed by atoms with van der Waals surface area (Å²) in [5.74, 6) is 0.609. The van der Waals surface area contributed by atoms with Crippen LogP contribution in [0.25, 0.3) is 22.6 Å². The Morgan fingerprint density at radius 2 is 1.93 bits per heavy atom. The quantitative estimate of drug-likeness (QED) is 0.525. The second-order valence-corrected chi connectivity index (χ2v) is 6.90. The lowest BCUT2D eigenvalue weighted by Crippen LogP contribution is -2.39. The van der Waals surface area contributed by atoms with Crippen molar-refractivity contribution in [2.45, 2.75) is 27.3 Å². The van der Waals surface area contributed by atoms with E-state index in [1.54, 1.807) is 17.5 Å². The van der Waals surface area contributed by atoms with Crippen molar-refractivity contribution in [1.29, 1.82) is 0 Å². The first-order chi connectivity index (χ1) is 12.8. The SMILES string of the molecule is C=CCn1c(=O)c2c(nc3n(-c4ccc(C)cc4C)c(C)cn23)n(C)c1=O. The summed E-state index contributed by atoms with van der Waals surface area (Å²) in [5.41, 5.74) is 4.25. The average molecular weight is 363 g/mol. The van der Waals surface area contributed by atoms with Gasteiger partial charge in [0.1, 0.15) is 0 Å². The monoisotopic (exact) mass is 363 g/mol. The van der Waals surface area contributed by atoms with Gasteiger partial charge in [0.25, 0.3) is 5.56 Å². The zero-order valence-electron chi connectivity index (χ0n) is 15.9. The van der Waals surface area contributed by atoms with E-state index in [9.17, 15) is 9.59 Å². The molecule has 1 aromatic carbocycles. The Morgan fingerprint density at radius 1 is 1.19 bits per heavy atom. The van der Waals surface area contributed by atoms with Crippen LogP contribution in [-0.4, -0.2) is 23.1 Å². The van der Waals surface area contributed by atoms with Crippen molar-refractivity contribution in [2.24, 2.45) is 7.05 Å². The third-order valence-corrected chi connectivity index (χ3v) is 4.93. The van der Waals surface area contributed by atoms with Crippen LogP contribution in [0.2, 0.25) is 0 Å². The molecule has 4 rings (SSSR count). The Morgan fingerprint density at radius 3 is 2.59 bits per heavy atom. The Balaban J connectivity index is 2.16. The summed E-state index contributed by atoms with van der Waals surface area (Å²) in [4.78, 5) is 30.1. The number of hydrogen-bond donors (Lipinski definition) is 0. The minimum atomic E-state index is -0.400. The minimum absolute atomic E-state index is 0.158. The van der Waals surface area contributed by atoms with Crippen molar-refractivity contribution < 1.29 is 0 Å². The van der Waals surface area contributed by atoms with E-state index >= 15 is 0 Å². The molecule has 4 aromatic rings. The molecule has 138 valence electrons. The Bertz CT molecular complexity index is 1350. The van der Waals surface area contributed by atoms with Gasteiger partial charge in [-0.05, 0) is 32.4 Å². The summed E-state index contributed by atoms with van der Waals surface area (Å²) < 4.78 is 6.37. The van der Waals surface area contributed by atoms with Crippen molar-refractivity contribution in [1.82, 2.24) is 23.1 Å². The van der Waals surface area contributed by atoms with E-state index in [0.29, 0.717) is 16.9 Å². The average Bonchev–Trinajstić information content (AvgIpc) is 3.12. The zero-order valence-corrected chi connectivity index (χ0v) is 15.9. The topological polar surface area (TPSA) is 66.2 Å². The van der Waals surface area contributed by atoms with Crippen LogP contribution in [0.4, 0.5) is 0 Å². The first kappa shape index (κ1) is 17.1. The molecule has 0 radical (unpaired) electrons. The van der Waals surface area contributed by atoms with Gasteiger partial charge in [0, 0.05) is 25.5 Å². The van der Waals surface area contributed by atoms with Crippen LogP contribution in [0.3, 0.4) is 0 Å². The van der Waals surface area contributed by atoms with Gasteiger partial charge in [0.2, 0.25) is 5.78 Å². The summed E-state index contributed by atoms with van der Waals surface area (Å²) in [6.07, 6.45) is 3.42. The van der Waals surface area contributed by atoms with Gasteiger partial charge in [-0.1, -0.05) is 23.8 Å². The maximum atomic E-state index is 13.0. The number of aromatic nitrogens is 5. The molecule has 3 heterocycles. The molecule has 0 spiro atoms. The Labute approximate surface area is 155 Å². The van der Waals surface area contributed by atoms with Gasteiger partial charge in [-0.2, -0.15) is 4.98 Å². The van der Waals surface area contributed by atoms with Crippen LogP contribution in [0.1, 0.15) is 16.8 Å². The molecule has 0 aliphatic carbocycles. The Kier molecular flexibility index (Phi) is 3.69. The molecule has 0 saturated carbocycles. The maximum Gasteiger partial charge on any atom is 0.332 e. The molecule has 0 atom stereocenters. The van der Waals surface area contributed by atoms with Crippen molar-refractivity contribution in [3.63, 3.8) is 0 Å². The number of nitrogens with zero attached hydrogens (tertiary/aromatic N) is 5. The third-order valence-electron chi connectivity index (χ3n) is 4.93. The lowest BCUT2D eigenvalue weighted by Gasteiger charge is -2.10. The third kappa shape index (κ3) is 2.31. The molecule has 27 heavy (non-hydrogen) atoms. The normalized spacial score (nSPS) is 11.6. The van der Waals surface area contributed by atoms with Crippen LogP contribution in [-0.2, 0) is 13.6 Å². The fourth-order valence-corrected chi connectivity index (χ4v) is 3.65.